The maximum absolute atomic E-state index is 4.07. The lowest BCUT2D eigenvalue weighted by atomic mass is 9.84. The van der Waals surface area contributed by atoms with Crippen LogP contribution in [0.1, 0.15) is 31.2 Å². The fourth-order valence-corrected chi connectivity index (χ4v) is 2.47. The third-order valence-corrected chi connectivity index (χ3v) is 3.24. The zero-order chi connectivity index (χ0) is 9.80. The van der Waals surface area contributed by atoms with E-state index in [1.54, 1.807) is 0 Å². The Hall–Kier alpha value is -0.890. The van der Waals surface area contributed by atoms with Gasteiger partial charge in [-0.25, -0.2) is 0 Å². The van der Waals surface area contributed by atoms with Crippen molar-refractivity contribution < 1.29 is 0 Å². The number of nitrogens with zero attached hydrogens (tertiary/aromatic N) is 1. The van der Waals surface area contributed by atoms with Gasteiger partial charge in [-0.1, -0.05) is 6.92 Å². The Morgan fingerprint density at radius 3 is 2.86 bits per heavy atom. The quantitative estimate of drug-likeness (QED) is 0.790. The molecule has 0 amide bonds. The van der Waals surface area contributed by atoms with Crippen molar-refractivity contribution in [3.63, 3.8) is 0 Å². The van der Waals surface area contributed by atoms with E-state index in [2.05, 4.69) is 29.4 Å². The molecule has 0 spiro atoms. The molecule has 2 nitrogen and oxygen atoms in total. The van der Waals surface area contributed by atoms with E-state index in [0.717, 1.165) is 5.92 Å². The van der Waals surface area contributed by atoms with Crippen LogP contribution in [0.2, 0.25) is 0 Å². The molecule has 2 heterocycles. The van der Waals surface area contributed by atoms with Gasteiger partial charge in [-0.05, 0) is 55.5 Å². The Balaban J connectivity index is 2.12. The highest BCUT2D eigenvalue weighted by Gasteiger charge is 2.24. The minimum Gasteiger partial charge on any atom is -0.316 e. The minimum atomic E-state index is 0.716. The summed E-state index contributed by atoms with van der Waals surface area (Å²) in [5, 5.41) is 3.44. The topological polar surface area (TPSA) is 24.9 Å². The van der Waals surface area contributed by atoms with Crippen LogP contribution in [-0.2, 0) is 0 Å². The van der Waals surface area contributed by atoms with Crippen LogP contribution in [0.5, 0.6) is 0 Å². The summed E-state index contributed by atoms with van der Waals surface area (Å²) in [7, 11) is 0. The fourth-order valence-electron chi connectivity index (χ4n) is 2.47. The number of rotatable bonds is 3. The number of hydrogen-bond donors (Lipinski definition) is 1. The average Bonchev–Trinajstić information content (AvgIpc) is 2.74. The van der Waals surface area contributed by atoms with Gasteiger partial charge in [-0.15, -0.1) is 0 Å². The lowest BCUT2D eigenvalue weighted by Crippen LogP contribution is -2.16. The molecule has 1 N–H and O–H groups in total. The highest BCUT2D eigenvalue weighted by Crippen LogP contribution is 2.31. The van der Waals surface area contributed by atoms with Crippen molar-refractivity contribution in [1.82, 2.24) is 10.3 Å². The van der Waals surface area contributed by atoms with E-state index in [1.807, 2.05) is 12.4 Å². The normalized spacial score (nSPS) is 23.6. The maximum atomic E-state index is 4.07. The van der Waals surface area contributed by atoms with Gasteiger partial charge in [0.25, 0.3) is 0 Å². The molecule has 1 aromatic rings. The molecule has 1 aliphatic heterocycles. The summed E-state index contributed by atoms with van der Waals surface area (Å²) in [5.41, 5.74) is 1.45. The first-order chi connectivity index (χ1) is 6.92. The summed E-state index contributed by atoms with van der Waals surface area (Å²) in [5.74, 6) is 1.54. The number of hydrogen-bond acceptors (Lipinski definition) is 2. The maximum Gasteiger partial charge on any atom is 0.0270 e. The molecule has 1 aliphatic rings. The van der Waals surface area contributed by atoms with Crippen LogP contribution < -0.4 is 5.32 Å². The van der Waals surface area contributed by atoms with Crippen molar-refractivity contribution in [3.05, 3.63) is 30.1 Å². The highest BCUT2D eigenvalue weighted by atomic mass is 14.9. The SMILES string of the molecule is CCC(c1ccncc1)C1CCNC1. The van der Waals surface area contributed by atoms with Gasteiger partial charge in [0.2, 0.25) is 0 Å². The molecular formula is C12H18N2. The Labute approximate surface area is 85.7 Å². The van der Waals surface area contributed by atoms with Crippen LogP contribution >= 0.6 is 0 Å². The Bertz CT molecular complexity index is 265. The lowest BCUT2D eigenvalue weighted by molar-refractivity contribution is 0.446. The van der Waals surface area contributed by atoms with E-state index in [4.69, 9.17) is 0 Å². The van der Waals surface area contributed by atoms with Crippen LogP contribution in [-0.4, -0.2) is 18.1 Å². The molecule has 76 valence electrons. The Morgan fingerprint density at radius 1 is 1.50 bits per heavy atom. The van der Waals surface area contributed by atoms with E-state index in [0.29, 0.717) is 5.92 Å². The second-order valence-electron chi connectivity index (χ2n) is 4.05. The first kappa shape index (κ1) is 9.66. The van der Waals surface area contributed by atoms with Gasteiger partial charge in [-0.3, -0.25) is 4.98 Å². The molecule has 1 aromatic heterocycles. The molecule has 2 rings (SSSR count). The predicted molar refractivity (Wildman–Crippen MR) is 58.2 cm³/mol. The highest BCUT2D eigenvalue weighted by molar-refractivity contribution is 5.17. The van der Waals surface area contributed by atoms with E-state index in [1.165, 1.54) is 31.5 Å². The Kier molecular flexibility index (Phi) is 3.14. The largest absolute Gasteiger partial charge is 0.316 e. The molecule has 2 unspecified atom stereocenters. The minimum absolute atomic E-state index is 0.716. The van der Waals surface area contributed by atoms with Gasteiger partial charge < -0.3 is 5.32 Å². The molecule has 14 heavy (non-hydrogen) atoms. The van der Waals surface area contributed by atoms with E-state index in [-0.39, 0.29) is 0 Å². The van der Waals surface area contributed by atoms with Crippen molar-refractivity contribution >= 4 is 0 Å². The summed E-state index contributed by atoms with van der Waals surface area (Å²) in [6.45, 7) is 4.65. The van der Waals surface area contributed by atoms with Gasteiger partial charge in [0.15, 0.2) is 0 Å². The van der Waals surface area contributed by atoms with Crippen LogP contribution in [0.15, 0.2) is 24.5 Å². The summed E-state index contributed by atoms with van der Waals surface area (Å²) in [4.78, 5) is 4.07. The molecule has 0 radical (unpaired) electrons. The number of nitrogens with one attached hydrogen (secondary N) is 1. The van der Waals surface area contributed by atoms with Crippen molar-refractivity contribution in [2.45, 2.75) is 25.7 Å². The van der Waals surface area contributed by atoms with Crippen LogP contribution in [0.3, 0.4) is 0 Å². The van der Waals surface area contributed by atoms with Crippen LogP contribution in [0, 0.1) is 5.92 Å². The van der Waals surface area contributed by atoms with Gasteiger partial charge in [0.1, 0.15) is 0 Å². The van der Waals surface area contributed by atoms with Crippen LogP contribution in [0.4, 0.5) is 0 Å². The van der Waals surface area contributed by atoms with Gasteiger partial charge in [0, 0.05) is 12.4 Å². The van der Waals surface area contributed by atoms with E-state index >= 15 is 0 Å². The average molecular weight is 190 g/mol. The molecule has 0 aliphatic carbocycles. The molecular weight excluding hydrogens is 172 g/mol. The van der Waals surface area contributed by atoms with Gasteiger partial charge >= 0.3 is 0 Å². The zero-order valence-electron chi connectivity index (χ0n) is 8.74. The molecule has 0 saturated carbocycles. The molecule has 2 heteroatoms. The molecule has 1 fully saturated rings. The second-order valence-corrected chi connectivity index (χ2v) is 4.05. The number of pyridine rings is 1. The fraction of sp³-hybridized carbons (Fsp3) is 0.583. The lowest BCUT2D eigenvalue weighted by Gasteiger charge is -2.21. The zero-order valence-corrected chi connectivity index (χ0v) is 8.74. The summed E-state index contributed by atoms with van der Waals surface area (Å²) in [6.07, 6.45) is 6.36. The molecule has 2 atom stereocenters. The predicted octanol–water partition coefficient (Wildman–Crippen LogP) is 2.18. The van der Waals surface area contributed by atoms with E-state index < -0.39 is 0 Å². The van der Waals surface area contributed by atoms with E-state index in [9.17, 15) is 0 Å². The first-order valence-corrected chi connectivity index (χ1v) is 5.52. The van der Waals surface area contributed by atoms with Crippen molar-refractivity contribution in [2.75, 3.05) is 13.1 Å². The summed E-state index contributed by atoms with van der Waals surface area (Å²) < 4.78 is 0. The second kappa shape index (κ2) is 4.56. The molecule has 0 aromatic carbocycles. The smallest absolute Gasteiger partial charge is 0.0270 e. The van der Waals surface area contributed by atoms with Crippen molar-refractivity contribution in [1.29, 1.82) is 0 Å². The number of aromatic nitrogens is 1. The first-order valence-electron chi connectivity index (χ1n) is 5.52. The summed E-state index contributed by atoms with van der Waals surface area (Å²) >= 11 is 0. The summed E-state index contributed by atoms with van der Waals surface area (Å²) in [6, 6.07) is 4.32. The van der Waals surface area contributed by atoms with Gasteiger partial charge in [-0.2, -0.15) is 0 Å². The molecule has 1 saturated heterocycles. The third-order valence-electron chi connectivity index (χ3n) is 3.24. The van der Waals surface area contributed by atoms with Crippen molar-refractivity contribution in [2.24, 2.45) is 5.92 Å². The molecule has 0 bridgehead atoms. The van der Waals surface area contributed by atoms with Crippen LogP contribution in [0.25, 0.3) is 0 Å². The Morgan fingerprint density at radius 2 is 2.29 bits per heavy atom. The standard InChI is InChI=1S/C12H18N2/c1-2-12(11-5-8-14-9-11)10-3-6-13-7-4-10/h3-4,6-7,11-12,14H,2,5,8-9H2,1H3. The van der Waals surface area contributed by atoms with Gasteiger partial charge in [0.05, 0.1) is 0 Å². The monoisotopic (exact) mass is 190 g/mol. The van der Waals surface area contributed by atoms with Crippen molar-refractivity contribution in [3.8, 4) is 0 Å². The third kappa shape index (κ3) is 1.95.